The summed E-state index contributed by atoms with van der Waals surface area (Å²) in [7, 11) is 0. The molecular formula is C20H13N5O3. The number of hydrogen-bond acceptors (Lipinski definition) is 6. The lowest BCUT2D eigenvalue weighted by Gasteiger charge is -2.12. The minimum atomic E-state index is -0.536. The van der Waals surface area contributed by atoms with Crippen LogP contribution in [0, 0.1) is 28.4 Å². The highest BCUT2D eigenvalue weighted by atomic mass is 16.6. The number of non-ortho nitro benzene ring substituents is 1. The summed E-state index contributed by atoms with van der Waals surface area (Å²) in [5, 5.41) is 29.3. The van der Waals surface area contributed by atoms with Crippen LogP contribution in [0.2, 0.25) is 0 Å². The van der Waals surface area contributed by atoms with Gasteiger partial charge in [0.15, 0.2) is 11.5 Å². The molecule has 0 aliphatic heterocycles. The zero-order chi connectivity index (χ0) is 19.7. The fourth-order valence-corrected chi connectivity index (χ4v) is 2.76. The third-order valence-electron chi connectivity index (χ3n) is 4.13. The van der Waals surface area contributed by atoms with Gasteiger partial charge in [-0.3, -0.25) is 10.1 Å². The second-order valence-corrected chi connectivity index (χ2v) is 6.10. The summed E-state index contributed by atoms with van der Waals surface area (Å²) in [5.41, 5.74) is 3.00. The van der Waals surface area contributed by atoms with Crippen LogP contribution in [0.3, 0.4) is 0 Å². The van der Waals surface area contributed by atoms with Crippen LogP contribution in [-0.4, -0.2) is 19.9 Å². The Kier molecular flexibility index (Phi) is 4.18. The van der Waals surface area contributed by atoms with Gasteiger partial charge >= 0.3 is 0 Å². The van der Waals surface area contributed by atoms with Crippen LogP contribution in [0.4, 0.5) is 5.69 Å². The molecule has 0 bridgehead atoms. The molecule has 1 aromatic heterocycles. The van der Waals surface area contributed by atoms with E-state index in [4.69, 9.17) is 4.74 Å². The Morgan fingerprint density at radius 1 is 1.04 bits per heavy atom. The number of fused-ring (bicyclic) bond motifs is 1. The number of benzene rings is 3. The van der Waals surface area contributed by atoms with Gasteiger partial charge in [-0.2, -0.15) is 5.26 Å². The summed E-state index contributed by atoms with van der Waals surface area (Å²) in [5.74, 6) is 0.474. The van der Waals surface area contributed by atoms with Crippen LogP contribution < -0.4 is 4.74 Å². The zero-order valence-corrected chi connectivity index (χ0v) is 14.7. The summed E-state index contributed by atoms with van der Waals surface area (Å²) in [4.78, 5) is 12.0. The third-order valence-corrected chi connectivity index (χ3v) is 4.13. The quantitative estimate of drug-likeness (QED) is 0.391. The molecule has 0 atom stereocenters. The van der Waals surface area contributed by atoms with Crippen LogP contribution in [0.15, 0.2) is 60.7 Å². The minimum absolute atomic E-state index is 0.0958. The molecule has 0 aliphatic carbocycles. The Labute approximate surface area is 159 Å². The number of aromatic nitrogens is 3. The average Bonchev–Trinajstić information content (AvgIpc) is 3.13. The number of nitro groups is 1. The molecule has 0 unspecified atom stereocenters. The van der Waals surface area contributed by atoms with E-state index in [1.807, 2.05) is 49.4 Å². The molecule has 0 saturated carbocycles. The van der Waals surface area contributed by atoms with Gasteiger partial charge in [-0.05, 0) is 42.8 Å². The van der Waals surface area contributed by atoms with Crippen molar-refractivity contribution in [1.29, 1.82) is 5.26 Å². The van der Waals surface area contributed by atoms with Crippen molar-refractivity contribution in [3.05, 3.63) is 81.9 Å². The number of nitrogens with zero attached hydrogens (tertiary/aromatic N) is 5. The fourth-order valence-electron chi connectivity index (χ4n) is 2.76. The van der Waals surface area contributed by atoms with E-state index in [1.54, 1.807) is 6.07 Å². The number of ether oxygens (including phenoxy) is 1. The summed E-state index contributed by atoms with van der Waals surface area (Å²) < 4.78 is 5.90. The van der Waals surface area contributed by atoms with Gasteiger partial charge in [0, 0.05) is 6.07 Å². The van der Waals surface area contributed by atoms with Gasteiger partial charge in [0.1, 0.15) is 22.8 Å². The predicted molar refractivity (Wildman–Crippen MR) is 101 cm³/mol. The van der Waals surface area contributed by atoms with E-state index >= 15 is 0 Å². The third kappa shape index (κ3) is 3.12. The lowest BCUT2D eigenvalue weighted by molar-refractivity contribution is -0.384. The maximum absolute atomic E-state index is 11.1. The average molecular weight is 371 g/mol. The number of aryl methyl sites for hydroxylation is 1. The highest BCUT2D eigenvalue weighted by molar-refractivity contribution is 5.73. The zero-order valence-electron chi connectivity index (χ0n) is 14.7. The van der Waals surface area contributed by atoms with Crippen LogP contribution in [0.5, 0.6) is 11.5 Å². The van der Waals surface area contributed by atoms with Crippen molar-refractivity contribution in [1.82, 2.24) is 15.0 Å². The summed E-state index contributed by atoms with van der Waals surface area (Å²) in [6.45, 7) is 1.92. The Morgan fingerprint density at radius 2 is 1.75 bits per heavy atom. The standard InChI is InChI=1S/C20H13N5O3/c1-13-6-9-19(28-20-11-15(25(26)27)8-7-14(20)12-21)18(10-13)24-22-16-4-2-3-5-17(16)23-24/h2-11H,1H3. The van der Waals surface area contributed by atoms with Gasteiger partial charge in [0.05, 0.1) is 16.6 Å². The first-order valence-corrected chi connectivity index (χ1v) is 8.34. The fraction of sp³-hybridized carbons (Fsp3) is 0.0500. The largest absolute Gasteiger partial charge is 0.453 e. The van der Waals surface area contributed by atoms with Crippen molar-refractivity contribution in [2.75, 3.05) is 0 Å². The molecule has 136 valence electrons. The van der Waals surface area contributed by atoms with Crippen LogP contribution >= 0.6 is 0 Å². The molecule has 4 rings (SSSR count). The van der Waals surface area contributed by atoms with Crippen molar-refractivity contribution in [2.45, 2.75) is 6.92 Å². The van der Waals surface area contributed by atoms with Gasteiger partial charge in [-0.15, -0.1) is 15.0 Å². The molecule has 0 amide bonds. The molecule has 0 saturated heterocycles. The normalized spacial score (nSPS) is 10.6. The smallest absolute Gasteiger partial charge is 0.273 e. The lowest BCUT2D eigenvalue weighted by atomic mass is 10.2. The highest BCUT2D eigenvalue weighted by Gasteiger charge is 2.16. The van der Waals surface area contributed by atoms with Gasteiger partial charge in [-0.1, -0.05) is 18.2 Å². The van der Waals surface area contributed by atoms with E-state index in [-0.39, 0.29) is 17.0 Å². The minimum Gasteiger partial charge on any atom is -0.453 e. The molecular weight excluding hydrogens is 358 g/mol. The molecule has 0 N–H and O–H groups in total. The van der Waals surface area contributed by atoms with Gasteiger partial charge in [0.25, 0.3) is 5.69 Å². The van der Waals surface area contributed by atoms with E-state index in [1.165, 1.54) is 23.0 Å². The van der Waals surface area contributed by atoms with Crippen molar-refractivity contribution >= 4 is 16.7 Å². The van der Waals surface area contributed by atoms with Crippen LogP contribution in [0.1, 0.15) is 11.1 Å². The first-order chi connectivity index (χ1) is 13.5. The second kappa shape index (κ2) is 6.81. The van der Waals surface area contributed by atoms with E-state index < -0.39 is 4.92 Å². The topological polar surface area (TPSA) is 107 Å². The Morgan fingerprint density at radius 3 is 2.39 bits per heavy atom. The second-order valence-electron chi connectivity index (χ2n) is 6.10. The number of hydrogen-bond donors (Lipinski definition) is 0. The molecule has 0 radical (unpaired) electrons. The monoisotopic (exact) mass is 371 g/mol. The SMILES string of the molecule is Cc1ccc(Oc2cc([N+](=O)[O-])ccc2C#N)c(-n2nc3ccccc3n2)c1. The molecule has 0 aliphatic rings. The van der Waals surface area contributed by atoms with Crippen molar-refractivity contribution in [3.63, 3.8) is 0 Å². The van der Waals surface area contributed by atoms with Crippen LogP contribution in [0.25, 0.3) is 16.7 Å². The van der Waals surface area contributed by atoms with E-state index in [0.29, 0.717) is 11.4 Å². The summed E-state index contributed by atoms with van der Waals surface area (Å²) >= 11 is 0. The maximum atomic E-state index is 11.1. The predicted octanol–water partition coefficient (Wildman–Crippen LogP) is 4.30. The number of rotatable bonds is 4. The van der Waals surface area contributed by atoms with Crippen molar-refractivity contribution in [2.24, 2.45) is 0 Å². The Balaban J connectivity index is 1.83. The molecule has 0 spiro atoms. The van der Waals surface area contributed by atoms with Gasteiger partial charge < -0.3 is 4.74 Å². The van der Waals surface area contributed by atoms with Gasteiger partial charge in [-0.25, -0.2) is 0 Å². The van der Waals surface area contributed by atoms with Gasteiger partial charge in [0.2, 0.25) is 0 Å². The Bertz CT molecular complexity index is 1220. The molecule has 4 aromatic rings. The molecule has 0 fully saturated rings. The Hall–Kier alpha value is -4.25. The van der Waals surface area contributed by atoms with E-state index in [2.05, 4.69) is 10.2 Å². The molecule has 28 heavy (non-hydrogen) atoms. The van der Waals surface area contributed by atoms with Crippen molar-refractivity contribution in [3.8, 4) is 23.3 Å². The van der Waals surface area contributed by atoms with E-state index in [9.17, 15) is 15.4 Å². The van der Waals surface area contributed by atoms with Crippen LogP contribution in [-0.2, 0) is 0 Å². The summed E-state index contributed by atoms with van der Waals surface area (Å²) in [6.07, 6.45) is 0. The first-order valence-electron chi connectivity index (χ1n) is 8.34. The summed E-state index contributed by atoms with van der Waals surface area (Å²) in [6, 6.07) is 18.7. The van der Waals surface area contributed by atoms with E-state index in [0.717, 1.165) is 16.6 Å². The molecule has 1 heterocycles. The lowest BCUT2D eigenvalue weighted by Crippen LogP contribution is -2.02. The number of nitro benzene ring substituents is 1. The molecule has 3 aromatic carbocycles. The highest BCUT2D eigenvalue weighted by Crippen LogP contribution is 2.33. The maximum Gasteiger partial charge on any atom is 0.273 e. The molecule has 8 nitrogen and oxygen atoms in total. The molecule has 8 heteroatoms. The van der Waals surface area contributed by atoms with Crippen molar-refractivity contribution < 1.29 is 9.66 Å². The first kappa shape index (κ1) is 17.2. The number of nitriles is 1.